The van der Waals surface area contributed by atoms with E-state index in [9.17, 15) is 9.59 Å². The van der Waals surface area contributed by atoms with Crippen LogP contribution in [0, 0.1) is 6.92 Å². The largest absolute Gasteiger partial charge is 0.473 e. The number of aromatic nitrogens is 1. The zero-order chi connectivity index (χ0) is 18.6. The van der Waals surface area contributed by atoms with E-state index >= 15 is 0 Å². The molecule has 1 heterocycles. The molecule has 0 bridgehead atoms. The fourth-order valence-corrected chi connectivity index (χ4v) is 3.37. The van der Waals surface area contributed by atoms with Gasteiger partial charge in [0.1, 0.15) is 11.7 Å². The summed E-state index contributed by atoms with van der Waals surface area (Å²) in [7, 11) is 0. The van der Waals surface area contributed by atoms with E-state index in [-0.39, 0.29) is 12.1 Å². The summed E-state index contributed by atoms with van der Waals surface area (Å²) in [5.74, 6) is -0.0894. The van der Waals surface area contributed by atoms with Crippen LogP contribution in [0.3, 0.4) is 0 Å². The van der Waals surface area contributed by atoms with Gasteiger partial charge in [-0.2, -0.15) is 0 Å². The van der Waals surface area contributed by atoms with E-state index < -0.39 is 17.7 Å². The van der Waals surface area contributed by atoms with Gasteiger partial charge in [0.15, 0.2) is 4.88 Å². The molecule has 1 saturated carbocycles. The first-order chi connectivity index (χ1) is 11.7. The van der Waals surface area contributed by atoms with Crippen LogP contribution >= 0.6 is 11.3 Å². The van der Waals surface area contributed by atoms with Crippen molar-refractivity contribution in [2.45, 2.75) is 71.6 Å². The molecule has 8 heteroatoms. The monoisotopic (exact) mass is 370 g/mol. The number of amides is 1. The second kappa shape index (κ2) is 8.03. The van der Waals surface area contributed by atoms with E-state index in [1.54, 1.807) is 6.92 Å². The first-order valence-corrected chi connectivity index (χ1v) is 9.30. The number of carbonyl (C=O) groups excluding carboxylic acids is 2. The number of rotatable bonds is 5. The number of thiazole rings is 1. The number of nitrogens with one attached hydrogen (secondary N) is 1. The van der Waals surface area contributed by atoms with Crippen molar-refractivity contribution in [3.63, 3.8) is 0 Å². The maximum Gasteiger partial charge on any atom is 0.407 e. The second-order valence-corrected chi connectivity index (χ2v) is 8.19. The third-order valence-corrected chi connectivity index (χ3v) is 4.48. The summed E-state index contributed by atoms with van der Waals surface area (Å²) in [6.07, 6.45) is 1.70. The summed E-state index contributed by atoms with van der Waals surface area (Å²) in [5.41, 5.74) is -0.523. The number of ether oxygens (including phenoxy) is 3. The van der Waals surface area contributed by atoms with Crippen LogP contribution < -0.4 is 10.1 Å². The number of nitrogens with zero attached hydrogens (tertiary/aromatic N) is 1. The van der Waals surface area contributed by atoms with Crippen LogP contribution in [0.15, 0.2) is 0 Å². The Kier molecular flexibility index (Phi) is 6.26. The van der Waals surface area contributed by atoms with Gasteiger partial charge < -0.3 is 19.5 Å². The van der Waals surface area contributed by atoms with E-state index in [1.807, 2.05) is 27.7 Å². The lowest BCUT2D eigenvalue weighted by Gasteiger charge is -2.21. The molecule has 2 atom stereocenters. The van der Waals surface area contributed by atoms with Crippen molar-refractivity contribution in [3.05, 3.63) is 9.88 Å². The molecule has 1 fully saturated rings. The molecule has 2 rings (SSSR count). The maximum atomic E-state index is 12.0. The first-order valence-electron chi connectivity index (χ1n) is 8.48. The third-order valence-electron chi connectivity index (χ3n) is 3.55. The standard InChI is InChI=1S/C17H26N2O5S/c1-6-22-15(20)13-14(18-10(2)25-13)23-12-8-7-11(9-12)19-16(21)24-17(3,4)5/h11-12H,6-9H2,1-5H3,(H,19,21)/t11-,12+/m1/s1. The van der Waals surface area contributed by atoms with Crippen molar-refractivity contribution in [2.75, 3.05) is 6.61 Å². The van der Waals surface area contributed by atoms with Crippen molar-refractivity contribution < 1.29 is 23.8 Å². The predicted molar refractivity (Wildman–Crippen MR) is 94.2 cm³/mol. The Morgan fingerprint density at radius 1 is 1.32 bits per heavy atom. The van der Waals surface area contributed by atoms with Crippen LogP contribution in [-0.2, 0) is 9.47 Å². The number of esters is 1. The molecular formula is C17H26N2O5S. The molecule has 0 saturated heterocycles. The zero-order valence-electron chi connectivity index (χ0n) is 15.4. The minimum atomic E-state index is -0.523. The highest BCUT2D eigenvalue weighted by Crippen LogP contribution is 2.30. The first kappa shape index (κ1) is 19.5. The van der Waals surface area contributed by atoms with Crippen molar-refractivity contribution >= 4 is 23.4 Å². The molecule has 0 aliphatic heterocycles. The predicted octanol–water partition coefficient (Wildman–Crippen LogP) is 3.45. The van der Waals surface area contributed by atoms with Gasteiger partial charge in [0.2, 0.25) is 5.88 Å². The minimum Gasteiger partial charge on any atom is -0.473 e. The SMILES string of the molecule is CCOC(=O)c1sc(C)nc1O[C@H]1CC[C@@H](NC(=O)OC(C)(C)C)C1. The van der Waals surface area contributed by atoms with Crippen LogP contribution in [0.5, 0.6) is 5.88 Å². The Morgan fingerprint density at radius 2 is 2.04 bits per heavy atom. The van der Waals surface area contributed by atoms with E-state index in [1.165, 1.54) is 11.3 Å². The number of carbonyl (C=O) groups is 2. The van der Waals surface area contributed by atoms with E-state index in [2.05, 4.69) is 10.3 Å². The summed E-state index contributed by atoms with van der Waals surface area (Å²) in [6.45, 7) is 9.37. The van der Waals surface area contributed by atoms with Crippen molar-refractivity contribution in [3.8, 4) is 5.88 Å². The Balaban J connectivity index is 1.91. The number of alkyl carbamates (subject to hydrolysis) is 1. The second-order valence-electron chi connectivity index (χ2n) is 6.98. The van der Waals surface area contributed by atoms with Gasteiger partial charge in [0.05, 0.1) is 11.6 Å². The highest BCUT2D eigenvalue weighted by molar-refractivity contribution is 7.13. The molecule has 1 aliphatic rings. The van der Waals surface area contributed by atoms with Crippen molar-refractivity contribution in [1.82, 2.24) is 10.3 Å². The minimum absolute atomic E-state index is 0.00868. The number of hydrogen-bond donors (Lipinski definition) is 1. The molecular weight excluding hydrogens is 344 g/mol. The van der Waals surface area contributed by atoms with Crippen molar-refractivity contribution in [1.29, 1.82) is 0 Å². The molecule has 7 nitrogen and oxygen atoms in total. The molecule has 1 aromatic rings. The summed E-state index contributed by atoms with van der Waals surface area (Å²) in [4.78, 5) is 28.5. The fourth-order valence-electron chi connectivity index (χ4n) is 2.62. The van der Waals surface area contributed by atoms with E-state index in [0.29, 0.717) is 23.8 Å². The molecule has 0 aromatic carbocycles. The lowest BCUT2D eigenvalue weighted by Crippen LogP contribution is -2.38. The van der Waals surface area contributed by atoms with Crippen LogP contribution in [0.4, 0.5) is 4.79 Å². The average molecular weight is 370 g/mol. The molecule has 1 amide bonds. The fraction of sp³-hybridized carbons (Fsp3) is 0.706. The van der Waals surface area contributed by atoms with Gasteiger partial charge >= 0.3 is 12.1 Å². The smallest absolute Gasteiger partial charge is 0.407 e. The number of aryl methyl sites for hydroxylation is 1. The Bertz CT molecular complexity index is 623. The third kappa shape index (κ3) is 5.88. The van der Waals surface area contributed by atoms with Crippen LogP contribution in [-0.4, -0.2) is 41.4 Å². The normalized spacial score (nSPS) is 20.2. The topological polar surface area (TPSA) is 86.8 Å². The van der Waals surface area contributed by atoms with Gasteiger partial charge in [-0.05, 0) is 47.5 Å². The lowest BCUT2D eigenvalue weighted by atomic mass is 10.2. The molecule has 0 radical (unpaired) electrons. The Morgan fingerprint density at radius 3 is 2.68 bits per heavy atom. The maximum absolute atomic E-state index is 12.0. The highest BCUT2D eigenvalue weighted by Gasteiger charge is 2.31. The lowest BCUT2D eigenvalue weighted by molar-refractivity contribution is 0.0501. The molecule has 0 spiro atoms. The van der Waals surface area contributed by atoms with Gasteiger partial charge in [-0.15, -0.1) is 11.3 Å². The van der Waals surface area contributed by atoms with E-state index in [0.717, 1.165) is 17.8 Å². The number of hydrogen-bond acceptors (Lipinski definition) is 7. The summed E-state index contributed by atoms with van der Waals surface area (Å²) in [5, 5.41) is 3.61. The Labute approximate surface area is 152 Å². The molecule has 140 valence electrons. The quantitative estimate of drug-likeness (QED) is 0.799. The van der Waals surface area contributed by atoms with E-state index in [4.69, 9.17) is 14.2 Å². The van der Waals surface area contributed by atoms with Crippen LogP contribution in [0.2, 0.25) is 0 Å². The van der Waals surface area contributed by atoms with Gasteiger partial charge in [-0.1, -0.05) is 0 Å². The van der Waals surface area contributed by atoms with Gasteiger partial charge in [0, 0.05) is 12.5 Å². The molecule has 1 N–H and O–H groups in total. The zero-order valence-corrected chi connectivity index (χ0v) is 16.2. The Hall–Kier alpha value is -1.83. The van der Waals surface area contributed by atoms with Crippen LogP contribution in [0.25, 0.3) is 0 Å². The average Bonchev–Trinajstić information content (AvgIpc) is 3.04. The molecule has 1 aliphatic carbocycles. The van der Waals surface area contributed by atoms with Gasteiger partial charge in [-0.25, -0.2) is 14.6 Å². The van der Waals surface area contributed by atoms with Crippen molar-refractivity contribution in [2.24, 2.45) is 0 Å². The van der Waals surface area contributed by atoms with Gasteiger partial charge in [-0.3, -0.25) is 0 Å². The molecule has 1 aromatic heterocycles. The summed E-state index contributed by atoms with van der Waals surface area (Å²) >= 11 is 1.26. The van der Waals surface area contributed by atoms with Crippen LogP contribution in [0.1, 0.15) is 61.6 Å². The molecule has 0 unspecified atom stereocenters. The highest BCUT2D eigenvalue weighted by atomic mass is 32.1. The molecule has 25 heavy (non-hydrogen) atoms. The summed E-state index contributed by atoms with van der Waals surface area (Å²) < 4.78 is 16.2. The summed E-state index contributed by atoms with van der Waals surface area (Å²) in [6, 6.07) is -0.00868. The van der Waals surface area contributed by atoms with Gasteiger partial charge in [0.25, 0.3) is 0 Å².